The Bertz CT molecular complexity index is 1080. The van der Waals surface area contributed by atoms with Gasteiger partial charge in [0.25, 0.3) is 5.91 Å². The third-order valence-electron chi connectivity index (χ3n) is 7.31. The van der Waals surface area contributed by atoms with Crippen molar-refractivity contribution in [2.45, 2.75) is 37.5 Å². The number of nitrogens with zero attached hydrogens (tertiary/aromatic N) is 5. The Morgan fingerprint density at radius 1 is 1.06 bits per heavy atom. The molecule has 2 amide bonds. The van der Waals surface area contributed by atoms with Crippen LogP contribution in [0.2, 0.25) is 0 Å². The Hall–Kier alpha value is -2.87. The summed E-state index contributed by atoms with van der Waals surface area (Å²) in [5.74, 6) is 1.01. The molecular formula is C26H31N5O2S. The van der Waals surface area contributed by atoms with Crippen LogP contribution in [0.25, 0.3) is 6.08 Å². The summed E-state index contributed by atoms with van der Waals surface area (Å²) in [5.41, 5.74) is 2.26. The monoisotopic (exact) mass is 477 g/mol. The maximum atomic E-state index is 13.4. The fourth-order valence-electron chi connectivity index (χ4n) is 5.25. The van der Waals surface area contributed by atoms with Gasteiger partial charge in [-0.3, -0.25) is 9.59 Å². The van der Waals surface area contributed by atoms with E-state index in [1.54, 1.807) is 24.2 Å². The van der Waals surface area contributed by atoms with Gasteiger partial charge in [-0.05, 0) is 49.5 Å². The number of piperazine rings is 1. The lowest BCUT2D eigenvalue weighted by molar-refractivity contribution is -0.139. The van der Waals surface area contributed by atoms with Crippen molar-refractivity contribution in [2.24, 2.45) is 5.92 Å². The Morgan fingerprint density at radius 2 is 1.79 bits per heavy atom. The second-order valence-corrected chi connectivity index (χ2v) is 10.7. The number of hydrogen-bond donors (Lipinski definition) is 0. The molecule has 0 spiro atoms. The molecule has 3 heterocycles. The van der Waals surface area contributed by atoms with Gasteiger partial charge in [0.2, 0.25) is 11.9 Å². The molecule has 1 aliphatic carbocycles. The van der Waals surface area contributed by atoms with E-state index in [4.69, 9.17) is 0 Å². The summed E-state index contributed by atoms with van der Waals surface area (Å²) in [6, 6.07) is 10.1. The molecule has 34 heavy (non-hydrogen) atoms. The smallest absolute Gasteiger partial charge is 0.260 e. The standard InChI is InChI=1S/C26H31N5O2S/c1-18-6-3-4-7-19(18)17-23-25(33)29(2)21-16-20(8-9-22(21)34-23)24(32)30-12-14-31(15-13-30)26-27-10-5-11-28-26/h3-7,10-11,17,20-22H,8-9,12-16H2,1-2H3/b23-17+. The molecule has 3 atom stereocenters. The van der Waals surface area contributed by atoms with E-state index in [-0.39, 0.29) is 23.8 Å². The van der Waals surface area contributed by atoms with Crippen LogP contribution >= 0.6 is 11.8 Å². The van der Waals surface area contributed by atoms with Gasteiger partial charge in [-0.15, -0.1) is 11.8 Å². The topological polar surface area (TPSA) is 69.6 Å². The largest absolute Gasteiger partial charge is 0.339 e. The minimum atomic E-state index is -0.0153. The maximum Gasteiger partial charge on any atom is 0.260 e. The molecule has 0 bridgehead atoms. The Labute approximate surface area is 205 Å². The van der Waals surface area contributed by atoms with Crippen LogP contribution in [0.5, 0.6) is 0 Å². The number of likely N-dealkylation sites (N-methyl/N-ethyl adjacent to an activating group) is 1. The number of carbonyl (C=O) groups excluding carboxylic acids is 2. The van der Waals surface area contributed by atoms with Crippen molar-refractivity contribution in [3.63, 3.8) is 0 Å². The minimum Gasteiger partial charge on any atom is -0.339 e. The number of aryl methyl sites for hydroxylation is 1. The zero-order chi connectivity index (χ0) is 23.7. The molecule has 0 radical (unpaired) electrons. The first-order chi connectivity index (χ1) is 16.5. The van der Waals surface area contributed by atoms with Crippen molar-refractivity contribution in [1.82, 2.24) is 19.8 Å². The lowest BCUT2D eigenvalue weighted by Gasteiger charge is -2.45. The molecule has 8 heteroatoms. The molecule has 3 fully saturated rings. The fourth-order valence-corrected chi connectivity index (χ4v) is 6.72. The number of carbonyl (C=O) groups is 2. The third-order valence-corrected chi connectivity index (χ3v) is 8.71. The Morgan fingerprint density at radius 3 is 2.53 bits per heavy atom. The number of rotatable bonds is 3. The van der Waals surface area contributed by atoms with E-state index in [1.807, 2.05) is 41.1 Å². The van der Waals surface area contributed by atoms with E-state index >= 15 is 0 Å². The highest BCUT2D eigenvalue weighted by Gasteiger charge is 2.43. The van der Waals surface area contributed by atoms with E-state index in [9.17, 15) is 9.59 Å². The molecule has 178 valence electrons. The predicted octanol–water partition coefficient (Wildman–Crippen LogP) is 3.22. The molecule has 3 aliphatic rings. The highest BCUT2D eigenvalue weighted by molar-refractivity contribution is 8.04. The highest BCUT2D eigenvalue weighted by Crippen LogP contribution is 2.43. The van der Waals surface area contributed by atoms with Gasteiger partial charge < -0.3 is 14.7 Å². The number of hydrogen-bond acceptors (Lipinski definition) is 6. The second kappa shape index (κ2) is 9.78. The van der Waals surface area contributed by atoms with Crippen LogP contribution in [-0.2, 0) is 9.59 Å². The van der Waals surface area contributed by atoms with Crippen molar-refractivity contribution in [3.05, 3.63) is 58.8 Å². The number of amides is 2. The van der Waals surface area contributed by atoms with Crippen LogP contribution in [0.1, 0.15) is 30.4 Å². The van der Waals surface area contributed by atoms with Gasteiger partial charge in [0.05, 0.1) is 4.91 Å². The molecular weight excluding hydrogens is 446 g/mol. The van der Waals surface area contributed by atoms with Crippen LogP contribution in [-0.4, -0.2) is 76.1 Å². The maximum absolute atomic E-state index is 13.4. The third kappa shape index (κ3) is 4.56. The van der Waals surface area contributed by atoms with Gasteiger partial charge >= 0.3 is 0 Å². The first-order valence-corrected chi connectivity index (χ1v) is 12.9. The summed E-state index contributed by atoms with van der Waals surface area (Å²) < 4.78 is 0. The molecule has 2 aliphatic heterocycles. The average Bonchev–Trinajstić information content (AvgIpc) is 2.88. The van der Waals surface area contributed by atoms with Crippen molar-refractivity contribution >= 4 is 35.6 Å². The molecule has 1 aromatic carbocycles. The quantitative estimate of drug-likeness (QED) is 0.633. The van der Waals surface area contributed by atoms with Crippen LogP contribution in [0.4, 0.5) is 5.95 Å². The minimum absolute atomic E-state index is 0.0153. The van der Waals surface area contributed by atoms with Gasteiger partial charge in [0.1, 0.15) is 0 Å². The average molecular weight is 478 g/mol. The van der Waals surface area contributed by atoms with Crippen molar-refractivity contribution in [1.29, 1.82) is 0 Å². The van der Waals surface area contributed by atoms with Crippen molar-refractivity contribution in [3.8, 4) is 0 Å². The van der Waals surface area contributed by atoms with Crippen molar-refractivity contribution < 1.29 is 9.59 Å². The van der Waals surface area contributed by atoms with E-state index < -0.39 is 0 Å². The summed E-state index contributed by atoms with van der Waals surface area (Å²) in [6.45, 7) is 4.94. The molecule has 0 N–H and O–H groups in total. The normalized spacial score (nSPS) is 26.5. The SMILES string of the molecule is Cc1ccccc1/C=C1/SC2CCC(C(=O)N3CCN(c4ncccn4)CC3)CC2N(C)C1=O. The Kier molecular flexibility index (Phi) is 6.59. The summed E-state index contributed by atoms with van der Waals surface area (Å²) in [7, 11) is 1.90. The second-order valence-electron chi connectivity index (χ2n) is 9.38. The van der Waals surface area contributed by atoms with Gasteiger partial charge in [0.15, 0.2) is 0 Å². The lowest BCUT2D eigenvalue weighted by atomic mass is 9.83. The Balaban J connectivity index is 1.21. The van der Waals surface area contributed by atoms with E-state index in [2.05, 4.69) is 33.9 Å². The zero-order valence-corrected chi connectivity index (χ0v) is 20.6. The predicted molar refractivity (Wildman–Crippen MR) is 135 cm³/mol. The van der Waals surface area contributed by atoms with E-state index in [0.717, 1.165) is 48.8 Å². The summed E-state index contributed by atoms with van der Waals surface area (Å²) in [6.07, 6.45) is 8.11. The van der Waals surface area contributed by atoms with Gasteiger partial charge in [-0.1, -0.05) is 24.3 Å². The van der Waals surface area contributed by atoms with Crippen LogP contribution in [0.15, 0.2) is 47.6 Å². The number of fused-ring (bicyclic) bond motifs is 1. The molecule has 1 aromatic heterocycles. The molecule has 2 aromatic rings. The van der Waals surface area contributed by atoms with Crippen molar-refractivity contribution in [2.75, 3.05) is 38.1 Å². The summed E-state index contributed by atoms with van der Waals surface area (Å²) >= 11 is 1.70. The molecule has 2 saturated heterocycles. The number of anilines is 1. The van der Waals surface area contributed by atoms with Gasteiger partial charge in [-0.2, -0.15) is 0 Å². The van der Waals surface area contributed by atoms with Crippen LogP contribution in [0, 0.1) is 12.8 Å². The highest BCUT2D eigenvalue weighted by atomic mass is 32.2. The van der Waals surface area contributed by atoms with Crippen LogP contribution < -0.4 is 4.90 Å². The molecule has 3 unspecified atom stereocenters. The number of benzene rings is 1. The number of aromatic nitrogens is 2. The summed E-state index contributed by atoms with van der Waals surface area (Å²) in [5, 5.41) is 0.342. The van der Waals surface area contributed by atoms with E-state index in [0.29, 0.717) is 18.3 Å². The van der Waals surface area contributed by atoms with Gasteiger partial charge in [-0.25, -0.2) is 9.97 Å². The lowest BCUT2D eigenvalue weighted by Crippen LogP contribution is -2.55. The van der Waals surface area contributed by atoms with Crippen LogP contribution in [0.3, 0.4) is 0 Å². The zero-order valence-electron chi connectivity index (χ0n) is 19.8. The van der Waals surface area contributed by atoms with Gasteiger partial charge in [0, 0.05) is 62.8 Å². The first kappa shape index (κ1) is 22.9. The first-order valence-electron chi connectivity index (χ1n) is 12.0. The fraction of sp³-hybridized carbons (Fsp3) is 0.462. The number of thioether (sulfide) groups is 1. The summed E-state index contributed by atoms with van der Waals surface area (Å²) in [4.78, 5) is 42.0. The van der Waals surface area contributed by atoms with E-state index in [1.165, 1.54) is 5.56 Å². The molecule has 7 nitrogen and oxygen atoms in total. The molecule has 5 rings (SSSR count). The molecule has 1 saturated carbocycles.